The second kappa shape index (κ2) is 7.67. The molecule has 0 spiro atoms. The van der Waals surface area contributed by atoms with Gasteiger partial charge in [0.25, 0.3) is 5.91 Å². The van der Waals surface area contributed by atoms with Gasteiger partial charge in [0.2, 0.25) is 0 Å². The van der Waals surface area contributed by atoms with Gasteiger partial charge in [-0.3, -0.25) is 9.78 Å². The number of benzene rings is 2. The second-order valence-corrected chi connectivity index (χ2v) is 8.22. The number of hydrogen-bond acceptors (Lipinski definition) is 4. The lowest BCUT2D eigenvalue weighted by molar-refractivity contribution is -0.137. The third-order valence-corrected chi connectivity index (χ3v) is 5.17. The highest BCUT2D eigenvalue weighted by molar-refractivity contribution is 7.90. The fourth-order valence-electron chi connectivity index (χ4n) is 2.66. The maximum absolute atomic E-state index is 12.8. The van der Waals surface area contributed by atoms with Crippen molar-refractivity contribution in [2.75, 3.05) is 11.6 Å². The number of sulfone groups is 1. The second-order valence-electron chi connectivity index (χ2n) is 6.23. The Bertz CT molecular complexity index is 1160. The molecule has 5 nitrogen and oxygen atoms in total. The van der Waals surface area contributed by atoms with Crippen molar-refractivity contribution in [1.82, 2.24) is 4.98 Å². The zero-order valence-electron chi connectivity index (χ0n) is 15.1. The summed E-state index contributed by atoms with van der Waals surface area (Å²) in [7, 11) is -3.50. The van der Waals surface area contributed by atoms with Crippen molar-refractivity contribution in [3.8, 4) is 11.3 Å². The first kappa shape index (κ1) is 20.5. The van der Waals surface area contributed by atoms with E-state index in [0.29, 0.717) is 5.56 Å². The minimum absolute atomic E-state index is 0.0120. The summed E-state index contributed by atoms with van der Waals surface area (Å²) in [6, 6.07) is 13.2. The lowest BCUT2D eigenvalue weighted by Crippen LogP contribution is -2.13. The molecule has 3 aromatic rings. The predicted octanol–water partition coefficient (Wildman–Crippen LogP) is 4.42. The molecule has 0 radical (unpaired) electrons. The van der Waals surface area contributed by atoms with Gasteiger partial charge < -0.3 is 5.32 Å². The van der Waals surface area contributed by atoms with Gasteiger partial charge in [0.1, 0.15) is 0 Å². The number of rotatable bonds is 4. The van der Waals surface area contributed by atoms with Gasteiger partial charge in [0.15, 0.2) is 9.84 Å². The van der Waals surface area contributed by atoms with Gasteiger partial charge in [-0.2, -0.15) is 13.2 Å². The van der Waals surface area contributed by atoms with Crippen LogP contribution in [0.25, 0.3) is 11.3 Å². The molecular weight excluding hydrogens is 405 g/mol. The molecule has 1 N–H and O–H groups in total. The molecule has 0 bridgehead atoms. The third kappa shape index (κ3) is 4.80. The SMILES string of the molecule is CS(=O)(=O)c1cccnc1-c1ccc(C(=O)Nc2cccc(C(F)(F)F)c2)cc1. The molecule has 29 heavy (non-hydrogen) atoms. The number of carbonyl (C=O) groups excluding carboxylic acids is 1. The highest BCUT2D eigenvalue weighted by atomic mass is 32.2. The Labute approximate surface area is 165 Å². The third-order valence-electron chi connectivity index (χ3n) is 4.04. The number of carbonyl (C=O) groups is 1. The molecule has 3 rings (SSSR count). The first-order valence-corrected chi connectivity index (χ1v) is 10.2. The minimum Gasteiger partial charge on any atom is -0.322 e. The molecule has 0 saturated heterocycles. The quantitative estimate of drug-likeness (QED) is 0.678. The predicted molar refractivity (Wildman–Crippen MR) is 102 cm³/mol. The number of anilines is 1. The molecule has 0 aliphatic rings. The minimum atomic E-state index is -4.51. The lowest BCUT2D eigenvalue weighted by Gasteiger charge is -2.10. The van der Waals surface area contributed by atoms with Crippen LogP contribution in [0.5, 0.6) is 0 Å². The maximum atomic E-state index is 12.8. The summed E-state index contributed by atoms with van der Waals surface area (Å²) >= 11 is 0. The van der Waals surface area contributed by atoms with Gasteiger partial charge in [0.05, 0.1) is 16.2 Å². The van der Waals surface area contributed by atoms with E-state index in [1.165, 1.54) is 54.7 Å². The van der Waals surface area contributed by atoms with Crippen molar-refractivity contribution >= 4 is 21.4 Å². The summed E-state index contributed by atoms with van der Waals surface area (Å²) in [6.45, 7) is 0. The molecule has 1 amide bonds. The van der Waals surface area contributed by atoms with Crippen molar-refractivity contribution in [1.29, 1.82) is 0 Å². The van der Waals surface area contributed by atoms with Crippen molar-refractivity contribution in [2.24, 2.45) is 0 Å². The molecule has 9 heteroatoms. The number of pyridine rings is 1. The van der Waals surface area contributed by atoms with Crippen LogP contribution >= 0.6 is 0 Å². The van der Waals surface area contributed by atoms with E-state index < -0.39 is 27.5 Å². The molecule has 0 fully saturated rings. The standard InChI is InChI=1S/C20H15F3N2O3S/c1-29(27,28)17-6-3-11-24-18(17)13-7-9-14(10-8-13)19(26)25-16-5-2-4-15(12-16)20(21,22)23/h2-12H,1H3,(H,25,26). The molecule has 0 aliphatic heterocycles. The van der Waals surface area contributed by atoms with Crippen molar-refractivity contribution < 1.29 is 26.4 Å². The van der Waals surface area contributed by atoms with Crippen LogP contribution in [0.3, 0.4) is 0 Å². The largest absolute Gasteiger partial charge is 0.416 e. The van der Waals surface area contributed by atoms with Gasteiger partial charge in [-0.1, -0.05) is 18.2 Å². The molecule has 150 valence electrons. The Balaban J connectivity index is 1.84. The first-order valence-electron chi connectivity index (χ1n) is 8.30. The summed E-state index contributed by atoms with van der Waals surface area (Å²) in [4.78, 5) is 16.5. The zero-order chi connectivity index (χ0) is 21.2. The first-order chi connectivity index (χ1) is 13.6. The number of amides is 1. The van der Waals surface area contributed by atoms with E-state index in [4.69, 9.17) is 0 Å². The number of nitrogens with zero attached hydrogens (tertiary/aromatic N) is 1. The van der Waals surface area contributed by atoms with E-state index in [1.54, 1.807) is 0 Å². The van der Waals surface area contributed by atoms with Crippen molar-refractivity contribution in [2.45, 2.75) is 11.1 Å². The summed E-state index contributed by atoms with van der Waals surface area (Å²) in [5, 5.41) is 2.42. The van der Waals surface area contributed by atoms with E-state index in [-0.39, 0.29) is 21.8 Å². The number of alkyl halides is 3. The number of halogens is 3. The van der Waals surface area contributed by atoms with Gasteiger partial charge in [0, 0.05) is 29.3 Å². The van der Waals surface area contributed by atoms with Gasteiger partial charge in [-0.25, -0.2) is 8.42 Å². The molecule has 0 atom stereocenters. The monoisotopic (exact) mass is 420 g/mol. The number of aromatic nitrogens is 1. The molecular formula is C20H15F3N2O3S. The Morgan fingerprint density at radius 1 is 1.00 bits per heavy atom. The maximum Gasteiger partial charge on any atom is 0.416 e. The molecule has 0 saturated carbocycles. The van der Waals surface area contributed by atoms with Crippen molar-refractivity contribution in [3.05, 3.63) is 78.0 Å². The van der Waals surface area contributed by atoms with Crippen LogP contribution in [0.2, 0.25) is 0 Å². The summed E-state index contributed by atoms with van der Waals surface area (Å²) in [5.41, 5.74) is 0.0802. The van der Waals surface area contributed by atoms with Crippen LogP contribution in [-0.4, -0.2) is 25.6 Å². The van der Waals surface area contributed by atoms with Crippen LogP contribution in [0.4, 0.5) is 18.9 Å². The van der Waals surface area contributed by atoms with E-state index >= 15 is 0 Å². The van der Waals surface area contributed by atoms with Crippen LogP contribution in [0.15, 0.2) is 71.8 Å². The van der Waals surface area contributed by atoms with E-state index in [2.05, 4.69) is 10.3 Å². The average Bonchev–Trinajstić information content (AvgIpc) is 2.67. The Morgan fingerprint density at radius 3 is 2.31 bits per heavy atom. The van der Waals surface area contributed by atoms with Gasteiger partial charge >= 0.3 is 6.18 Å². The van der Waals surface area contributed by atoms with E-state index in [1.807, 2.05) is 0 Å². The highest BCUT2D eigenvalue weighted by Gasteiger charge is 2.30. The Hall–Kier alpha value is -3.20. The fourth-order valence-corrected chi connectivity index (χ4v) is 3.51. The number of nitrogens with one attached hydrogen (secondary N) is 1. The van der Waals surface area contributed by atoms with E-state index in [0.717, 1.165) is 18.4 Å². The summed E-state index contributed by atoms with van der Waals surface area (Å²) in [6.07, 6.45) is -1.98. The smallest absolute Gasteiger partial charge is 0.322 e. The van der Waals surface area contributed by atoms with Crippen LogP contribution in [0.1, 0.15) is 15.9 Å². The molecule has 1 heterocycles. The summed E-state index contributed by atoms with van der Waals surface area (Å²) in [5.74, 6) is -0.597. The fraction of sp³-hybridized carbons (Fsp3) is 0.100. The van der Waals surface area contributed by atoms with Crippen molar-refractivity contribution in [3.63, 3.8) is 0 Å². The summed E-state index contributed by atoms with van der Waals surface area (Å²) < 4.78 is 62.2. The van der Waals surface area contributed by atoms with Gasteiger partial charge in [-0.15, -0.1) is 0 Å². The normalized spacial score (nSPS) is 11.9. The van der Waals surface area contributed by atoms with Crippen LogP contribution in [0, 0.1) is 0 Å². The van der Waals surface area contributed by atoms with Gasteiger partial charge in [-0.05, 0) is 42.5 Å². The number of hydrogen-bond donors (Lipinski definition) is 1. The highest BCUT2D eigenvalue weighted by Crippen LogP contribution is 2.31. The molecule has 0 aliphatic carbocycles. The van der Waals surface area contributed by atoms with Crippen LogP contribution in [-0.2, 0) is 16.0 Å². The lowest BCUT2D eigenvalue weighted by atomic mass is 10.1. The topological polar surface area (TPSA) is 76.1 Å². The van der Waals surface area contributed by atoms with E-state index in [9.17, 15) is 26.4 Å². The Kier molecular flexibility index (Phi) is 5.43. The molecule has 2 aromatic carbocycles. The molecule has 0 unspecified atom stereocenters. The Morgan fingerprint density at radius 2 is 1.69 bits per heavy atom. The average molecular weight is 420 g/mol. The molecule has 1 aromatic heterocycles. The van der Waals surface area contributed by atoms with Crippen LogP contribution < -0.4 is 5.32 Å². The zero-order valence-corrected chi connectivity index (χ0v) is 15.9.